The Balaban J connectivity index is 1.50. The first-order chi connectivity index (χ1) is 11.4. The molecular weight excluding hydrogens is 387 g/mol. The standard InChI is InChI=1S/C13H5N5S5/c1-2-19-8(14-1)6-3-15-10(21-6)11-16-4-7(22-11)9-18-13-12(23-9)17-5-20-13/h1-5H. The number of aromatic nitrogens is 5. The maximum Gasteiger partial charge on any atom is 0.155 e. The molecule has 112 valence electrons. The van der Waals surface area contributed by atoms with Gasteiger partial charge in [0.05, 0.1) is 15.3 Å². The lowest BCUT2D eigenvalue weighted by Gasteiger charge is -1.87. The predicted octanol–water partition coefficient (Wildman–Crippen LogP) is 5.12. The molecular formula is C13H5N5S5. The van der Waals surface area contributed by atoms with Gasteiger partial charge in [0.1, 0.15) is 10.0 Å². The minimum Gasteiger partial charge on any atom is -0.244 e. The van der Waals surface area contributed by atoms with Crippen molar-refractivity contribution in [2.75, 3.05) is 0 Å². The first-order valence-electron chi connectivity index (χ1n) is 6.39. The SMILES string of the molecule is c1csc(-c2cnc(-c3ncc(-c4nc5scnc5s4)s3)s2)n1. The molecule has 0 aliphatic rings. The lowest BCUT2D eigenvalue weighted by Crippen LogP contribution is -1.68. The van der Waals surface area contributed by atoms with Crippen LogP contribution in [0, 0.1) is 0 Å². The third-order valence-corrected chi connectivity index (χ3v) is 8.02. The van der Waals surface area contributed by atoms with Gasteiger partial charge in [-0.1, -0.05) is 11.3 Å². The molecule has 0 aliphatic heterocycles. The van der Waals surface area contributed by atoms with Crippen LogP contribution in [-0.2, 0) is 0 Å². The Morgan fingerprint density at radius 1 is 0.652 bits per heavy atom. The van der Waals surface area contributed by atoms with Crippen LogP contribution in [0.25, 0.3) is 39.4 Å². The van der Waals surface area contributed by atoms with Crippen LogP contribution >= 0.6 is 56.7 Å². The number of nitrogens with zero attached hydrogens (tertiary/aromatic N) is 5. The van der Waals surface area contributed by atoms with E-state index in [-0.39, 0.29) is 0 Å². The molecule has 0 fully saturated rings. The average molecular weight is 392 g/mol. The highest BCUT2D eigenvalue weighted by molar-refractivity contribution is 7.30. The van der Waals surface area contributed by atoms with Crippen LogP contribution in [0.3, 0.4) is 0 Å². The molecule has 23 heavy (non-hydrogen) atoms. The van der Waals surface area contributed by atoms with Gasteiger partial charge in [-0.15, -0.1) is 45.3 Å². The lowest BCUT2D eigenvalue weighted by molar-refractivity contribution is 1.35. The Bertz CT molecular complexity index is 1050. The van der Waals surface area contributed by atoms with Gasteiger partial charge in [0, 0.05) is 24.0 Å². The fraction of sp³-hybridized carbons (Fsp3) is 0. The first-order valence-corrected chi connectivity index (χ1v) is 10.6. The molecule has 0 saturated carbocycles. The molecule has 5 aromatic heterocycles. The van der Waals surface area contributed by atoms with E-state index in [9.17, 15) is 0 Å². The summed E-state index contributed by atoms with van der Waals surface area (Å²) in [6.45, 7) is 0. The summed E-state index contributed by atoms with van der Waals surface area (Å²) in [6.07, 6.45) is 5.54. The zero-order chi connectivity index (χ0) is 15.2. The third-order valence-electron chi connectivity index (χ3n) is 2.96. The average Bonchev–Trinajstić information content (AvgIpc) is 3.34. The summed E-state index contributed by atoms with van der Waals surface area (Å²) in [4.78, 5) is 26.3. The maximum atomic E-state index is 4.62. The Kier molecular flexibility index (Phi) is 3.30. The monoisotopic (exact) mass is 391 g/mol. The second kappa shape index (κ2) is 5.49. The van der Waals surface area contributed by atoms with Crippen LogP contribution < -0.4 is 0 Å². The van der Waals surface area contributed by atoms with Crippen LogP contribution in [0.5, 0.6) is 0 Å². The summed E-state index contributed by atoms with van der Waals surface area (Å²) in [6, 6.07) is 0. The van der Waals surface area contributed by atoms with E-state index in [0.29, 0.717) is 0 Å². The Morgan fingerprint density at radius 3 is 2.13 bits per heavy atom. The molecule has 0 saturated heterocycles. The van der Waals surface area contributed by atoms with Gasteiger partial charge < -0.3 is 0 Å². The van der Waals surface area contributed by atoms with E-state index in [1.54, 1.807) is 56.7 Å². The Morgan fingerprint density at radius 2 is 1.43 bits per heavy atom. The number of thiazole rings is 5. The topological polar surface area (TPSA) is 64.5 Å². The van der Waals surface area contributed by atoms with E-state index in [2.05, 4.69) is 24.9 Å². The third kappa shape index (κ3) is 2.42. The van der Waals surface area contributed by atoms with Crippen molar-refractivity contribution in [1.82, 2.24) is 24.9 Å². The summed E-state index contributed by atoms with van der Waals surface area (Å²) in [5.74, 6) is 0. The van der Waals surface area contributed by atoms with Crippen LogP contribution in [0.4, 0.5) is 0 Å². The van der Waals surface area contributed by atoms with E-state index >= 15 is 0 Å². The largest absolute Gasteiger partial charge is 0.244 e. The molecule has 5 heterocycles. The van der Waals surface area contributed by atoms with Gasteiger partial charge >= 0.3 is 0 Å². The van der Waals surface area contributed by atoms with E-state index < -0.39 is 0 Å². The van der Waals surface area contributed by atoms with Gasteiger partial charge in [-0.2, -0.15) is 0 Å². The van der Waals surface area contributed by atoms with E-state index in [4.69, 9.17) is 0 Å². The Hall–Kier alpha value is -1.59. The molecule has 0 aliphatic carbocycles. The normalized spacial score (nSPS) is 11.5. The number of hydrogen-bond acceptors (Lipinski definition) is 10. The lowest BCUT2D eigenvalue weighted by atomic mass is 10.6. The minimum atomic E-state index is 0.916. The number of fused-ring (bicyclic) bond motifs is 1. The van der Waals surface area contributed by atoms with Gasteiger partial charge in [-0.25, -0.2) is 24.9 Å². The van der Waals surface area contributed by atoms with E-state index in [1.807, 2.05) is 29.5 Å². The molecule has 0 N–H and O–H groups in total. The molecule has 0 unspecified atom stereocenters. The zero-order valence-corrected chi connectivity index (χ0v) is 15.2. The second-order valence-corrected chi connectivity index (χ2v) is 9.14. The van der Waals surface area contributed by atoms with Crippen LogP contribution in [0.2, 0.25) is 0 Å². The van der Waals surface area contributed by atoms with Gasteiger partial charge in [0.15, 0.2) is 19.7 Å². The molecule has 0 radical (unpaired) electrons. The second-order valence-electron chi connectivity index (χ2n) is 4.38. The summed E-state index contributed by atoms with van der Waals surface area (Å²) in [5.41, 5.74) is 1.83. The molecule has 0 atom stereocenters. The predicted molar refractivity (Wildman–Crippen MR) is 98.6 cm³/mol. The summed E-state index contributed by atoms with van der Waals surface area (Å²) in [5, 5.41) is 5.78. The minimum absolute atomic E-state index is 0.916. The summed E-state index contributed by atoms with van der Waals surface area (Å²) < 4.78 is 0. The summed E-state index contributed by atoms with van der Waals surface area (Å²) >= 11 is 8.01. The summed E-state index contributed by atoms with van der Waals surface area (Å²) in [7, 11) is 0. The molecule has 0 bridgehead atoms. The smallest absolute Gasteiger partial charge is 0.155 e. The molecule has 0 spiro atoms. The van der Waals surface area contributed by atoms with Gasteiger partial charge in [-0.3, -0.25) is 0 Å². The van der Waals surface area contributed by atoms with Gasteiger partial charge in [-0.05, 0) is 0 Å². The molecule has 5 nitrogen and oxygen atoms in total. The van der Waals surface area contributed by atoms with E-state index in [0.717, 1.165) is 39.4 Å². The fourth-order valence-electron chi connectivity index (χ4n) is 1.97. The van der Waals surface area contributed by atoms with Crippen molar-refractivity contribution in [2.45, 2.75) is 0 Å². The molecule has 5 aromatic rings. The molecule has 0 aromatic carbocycles. The van der Waals surface area contributed by atoms with Crippen LogP contribution in [0.15, 0.2) is 29.5 Å². The van der Waals surface area contributed by atoms with Crippen LogP contribution in [0.1, 0.15) is 0 Å². The quantitative estimate of drug-likeness (QED) is 0.427. The van der Waals surface area contributed by atoms with Gasteiger partial charge in [0.25, 0.3) is 0 Å². The van der Waals surface area contributed by atoms with E-state index in [1.165, 1.54) is 0 Å². The van der Waals surface area contributed by atoms with Crippen molar-refractivity contribution in [3.05, 3.63) is 29.5 Å². The number of hydrogen-bond donors (Lipinski definition) is 0. The number of rotatable bonds is 3. The van der Waals surface area contributed by atoms with Crippen molar-refractivity contribution in [3.8, 4) is 29.8 Å². The first kappa shape index (κ1) is 13.8. The van der Waals surface area contributed by atoms with Gasteiger partial charge in [0.2, 0.25) is 0 Å². The Labute approximate surface area is 150 Å². The molecule has 0 amide bonds. The van der Waals surface area contributed by atoms with Crippen molar-refractivity contribution in [3.63, 3.8) is 0 Å². The van der Waals surface area contributed by atoms with Crippen molar-refractivity contribution in [1.29, 1.82) is 0 Å². The highest BCUT2D eigenvalue weighted by atomic mass is 32.1. The van der Waals surface area contributed by atoms with Crippen molar-refractivity contribution in [2.24, 2.45) is 0 Å². The highest BCUT2D eigenvalue weighted by Gasteiger charge is 2.15. The zero-order valence-electron chi connectivity index (χ0n) is 11.2. The van der Waals surface area contributed by atoms with Crippen LogP contribution in [-0.4, -0.2) is 24.9 Å². The maximum absolute atomic E-state index is 4.62. The highest BCUT2D eigenvalue weighted by Crippen LogP contribution is 2.39. The molecule has 5 rings (SSSR count). The van der Waals surface area contributed by atoms with Crippen molar-refractivity contribution >= 4 is 66.3 Å². The molecule has 10 heteroatoms. The van der Waals surface area contributed by atoms with Crippen molar-refractivity contribution < 1.29 is 0 Å². The fourth-order valence-corrected chi connectivity index (χ4v) is 6.34.